The fourth-order valence-corrected chi connectivity index (χ4v) is 3.34. The zero-order valence-corrected chi connectivity index (χ0v) is 16.3. The van der Waals surface area contributed by atoms with Crippen molar-refractivity contribution in [2.24, 2.45) is 5.92 Å². The number of carbonyl (C=O) groups is 1. The number of aromatic nitrogens is 1. The second-order valence-corrected chi connectivity index (χ2v) is 7.69. The molecule has 0 spiro atoms. The van der Waals surface area contributed by atoms with Gasteiger partial charge in [-0.05, 0) is 30.7 Å². The molecule has 1 amide bonds. The number of amides is 1. The summed E-state index contributed by atoms with van der Waals surface area (Å²) in [5.74, 6) is 1.56. The summed E-state index contributed by atoms with van der Waals surface area (Å²) in [6.45, 7) is 2.53. The second kappa shape index (κ2) is 8.50. The van der Waals surface area contributed by atoms with Crippen molar-refractivity contribution in [1.82, 2.24) is 9.88 Å². The van der Waals surface area contributed by atoms with Gasteiger partial charge in [-0.1, -0.05) is 30.3 Å². The SMILES string of the molecule is CN(CC1CC1)c1cncc(OC[C@@H]2CCN2C(=O)OCc2ccccc2)c1. The molecule has 0 N–H and O–H groups in total. The van der Waals surface area contributed by atoms with Crippen molar-refractivity contribution in [2.75, 3.05) is 31.6 Å². The molecule has 2 heterocycles. The van der Waals surface area contributed by atoms with Crippen molar-refractivity contribution in [2.45, 2.75) is 31.9 Å². The van der Waals surface area contributed by atoms with Crippen LogP contribution in [-0.2, 0) is 11.3 Å². The van der Waals surface area contributed by atoms with Crippen molar-refractivity contribution >= 4 is 11.8 Å². The third-order valence-corrected chi connectivity index (χ3v) is 5.39. The molecule has 0 bridgehead atoms. The van der Waals surface area contributed by atoms with Crippen LogP contribution in [0.3, 0.4) is 0 Å². The third kappa shape index (κ3) is 4.74. The second-order valence-electron chi connectivity index (χ2n) is 7.69. The first-order chi connectivity index (χ1) is 13.7. The van der Waals surface area contributed by atoms with Gasteiger partial charge >= 0.3 is 6.09 Å². The van der Waals surface area contributed by atoms with Crippen molar-refractivity contribution in [3.05, 3.63) is 54.4 Å². The van der Waals surface area contributed by atoms with E-state index in [4.69, 9.17) is 9.47 Å². The summed E-state index contributed by atoms with van der Waals surface area (Å²) < 4.78 is 11.3. The van der Waals surface area contributed by atoms with Gasteiger partial charge in [0.15, 0.2) is 0 Å². The van der Waals surface area contributed by atoms with Crippen molar-refractivity contribution in [3.8, 4) is 5.75 Å². The first-order valence-electron chi connectivity index (χ1n) is 9.95. The van der Waals surface area contributed by atoms with Crippen LogP contribution in [0.1, 0.15) is 24.8 Å². The fraction of sp³-hybridized carbons (Fsp3) is 0.455. The Labute approximate surface area is 166 Å². The van der Waals surface area contributed by atoms with E-state index in [1.54, 1.807) is 11.1 Å². The molecule has 1 aromatic carbocycles. The molecule has 1 aromatic heterocycles. The van der Waals surface area contributed by atoms with E-state index in [1.165, 1.54) is 12.8 Å². The Morgan fingerprint density at radius 2 is 2.04 bits per heavy atom. The molecule has 1 aliphatic heterocycles. The Balaban J connectivity index is 1.25. The highest BCUT2D eigenvalue weighted by Crippen LogP contribution is 2.31. The van der Waals surface area contributed by atoms with Gasteiger partial charge in [-0.15, -0.1) is 0 Å². The predicted molar refractivity (Wildman–Crippen MR) is 107 cm³/mol. The van der Waals surface area contributed by atoms with Crippen LogP contribution in [0.25, 0.3) is 0 Å². The fourth-order valence-electron chi connectivity index (χ4n) is 3.34. The maximum atomic E-state index is 12.3. The molecular weight excluding hydrogens is 354 g/mol. The average Bonchev–Trinajstić information content (AvgIpc) is 3.51. The standard InChI is InChI=1S/C22H27N3O3/c1-24(14-17-7-8-17)20-11-21(13-23-12-20)27-16-19-9-10-25(19)22(26)28-15-18-5-3-2-4-6-18/h2-6,11-13,17,19H,7-10,14-16H2,1H3/t19-/m0/s1. The minimum atomic E-state index is -0.278. The number of hydrogen-bond donors (Lipinski definition) is 0. The summed E-state index contributed by atoms with van der Waals surface area (Å²) >= 11 is 0. The Morgan fingerprint density at radius 1 is 1.21 bits per heavy atom. The Kier molecular flexibility index (Phi) is 5.65. The minimum Gasteiger partial charge on any atom is -0.490 e. The van der Waals surface area contributed by atoms with E-state index >= 15 is 0 Å². The largest absolute Gasteiger partial charge is 0.490 e. The van der Waals surface area contributed by atoms with Crippen molar-refractivity contribution in [1.29, 1.82) is 0 Å². The number of likely N-dealkylation sites (tertiary alicyclic amines) is 1. The van der Waals surface area contributed by atoms with Crippen LogP contribution in [0.2, 0.25) is 0 Å². The Morgan fingerprint density at radius 3 is 2.75 bits per heavy atom. The van der Waals surface area contributed by atoms with E-state index in [2.05, 4.69) is 16.9 Å². The van der Waals surface area contributed by atoms with E-state index in [0.29, 0.717) is 19.8 Å². The van der Waals surface area contributed by atoms with E-state index in [9.17, 15) is 4.79 Å². The smallest absolute Gasteiger partial charge is 0.410 e. The number of ether oxygens (including phenoxy) is 2. The zero-order chi connectivity index (χ0) is 19.3. The molecule has 2 aliphatic rings. The predicted octanol–water partition coefficient (Wildman–Crippen LogP) is 3.72. The average molecular weight is 381 g/mol. The number of anilines is 1. The third-order valence-electron chi connectivity index (χ3n) is 5.39. The monoisotopic (exact) mass is 381 g/mol. The summed E-state index contributed by atoms with van der Waals surface area (Å²) in [7, 11) is 2.09. The summed E-state index contributed by atoms with van der Waals surface area (Å²) in [5, 5.41) is 0. The molecular formula is C22H27N3O3. The lowest BCUT2D eigenvalue weighted by atomic mass is 10.1. The van der Waals surface area contributed by atoms with Crippen LogP contribution < -0.4 is 9.64 Å². The van der Waals surface area contributed by atoms with E-state index in [-0.39, 0.29) is 12.1 Å². The summed E-state index contributed by atoms with van der Waals surface area (Å²) in [5.41, 5.74) is 2.06. The molecule has 6 nitrogen and oxygen atoms in total. The lowest BCUT2D eigenvalue weighted by Gasteiger charge is -2.39. The molecule has 28 heavy (non-hydrogen) atoms. The molecule has 2 fully saturated rings. The molecule has 1 aliphatic carbocycles. The van der Waals surface area contributed by atoms with Gasteiger partial charge in [-0.3, -0.25) is 4.98 Å². The topological polar surface area (TPSA) is 54.9 Å². The van der Waals surface area contributed by atoms with Gasteiger partial charge in [0.05, 0.1) is 24.1 Å². The van der Waals surface area contributed by atoms with E-state index in [0.717, 1.165) is 35.9 Å². The minimum absolute atomic E-state index is 0.0520. The normalized spacial score (nSPS) is 18.3. The number of benzene rings is 1. The van der Waals surface area contributed by atoms with Gasteiger partial charge in [0.1, 0.15) is 19.0 Å². The maximum Gasteiger partial charge on any atom is 0.410 e. The van der Waals surface area contributed by atoms with E-state index < -0.39 is 0 Å². The first kappa shape index (κ1) is 18.6. The highest BCUT2D eigenvalue weighted by molar-refractivity contribution is 5.69. The molecule has 4 rings (SSSR count). The lowest BCUT2D eigenvalue weighted by Crippen LogP contribution is -2.54. The van der Waals surface area contributed by atoms with Crippen LogP contribution in [0, 0.1) is 5.92 Å². The summed E-state index contributed by atoms with van der Waals surface area (Å²) in [6.07, 6.45) is 6.89. The highest BCUT2D eigenvalue weighted by atomic mass is 16.6. The quantitative estimate of drug-likeness (QED) is 0.698. The summed E-state index contributed by atoms with van der Waals surface area (Å²) in [4.78, 5) is 20.6. The van der Waals surface area contributed by atoms with Gasteiger partial charge in [-0.2, -0.15) is 0 Å². The highest BCUT2D eigenvalue weighted by Gasteiger charge is 2.34. The maximum absolute atomic E-state index is 12.3. The molecule has 1 saturated carbocycles. The van der Waals surface area contributed by atoms with Crippen molar-refractivity contribution in [3.63, 3.8) is 0 Å². The van der Waals surface area contributed by atoms with Crippen LogP contribution >= 0.6 is 0 Å². The van der Waals surface area contributed by atoms with Gasteiger partial charge in [0.2, 0.25) is 0 Å². The van der Waals surface area contributed by atoms with Crippen LogP contribution in [0.5, 0.6) is 5.75 Å². The van der Waals surface area contributed by atoms with Gasteiger partial charge in [0, 0.05) is 26.2 Å². The number of hydrogen-bond acceptors (Lipinski definition) is 5. The van der Waals surface area contributed by atoms with Crippen LogP contribution in [-0.4, -0.2) is 48.8 Å². The zero-order valence-electron chi connectivity index (χ0n) is 16.3. The molecule has 148 valence electrons. The van der Waals surface area contributed by atoms with E-state index in [1.807, 2.05) is 42.6 Å². The molecule has 6 heteroatoms. The lowest BCUT2D eigenvalue weighted by molar-refractivity contribution is 0.0259. The first-order valence-corrected chi connectivity index (χ1v) is 9.95. The van der Waals surface area contributed by atoms with Gasteiger partial charge < -0.3 is 19.3 Å². The number of rotatable bonds is 8. The van der Waals surface area contributed by atoms with Gasteiger partial charge in [0.25, 0.3) is 0 Å². The molecule has 2 aromatic rings. The molecule has 0 unspecified atom stereocenters. The van der Waals surface area contributed by atoms with Crippen LogP contribution in [0.15, 0.2) is 48.8 Å². The molecule has 1 saturated heterocycles. The Hall–Kier alpha value is -2.76. The summed E-state index contributed by atoms with van der Waals surface area (Å²) in [6, 6.07) is 11.8. The number of carbonyl (C=O) groups excluding carboxylic acids is 1. The molecule has 0 radical (unpaired) electrons. The van der Waals surface area contributed by atoms with Crippen molar-refractivity contribution < 1.29 is 14.3 Å². The number of pyridine rings is 1. The number of nitrogens with zero attached hydrogens (tertiary/aromatic N) is 3. The van der Waals surface area contributed by atoms with Gasteiger partial charge in [-0.25, -0.2) is 4.79 Å². The molecule has 1 atom stereocenters. The van der Waals surface area contributed by atoms with Crippen LogP contribution in [0.4, 0.5) is 10.5 Å². The Bertz CT molecular complexity index is 795.